The van der Waals surface area contributed by atoms with E-state index in [0.717, 1.165) is 12.1 Å². The SMILES string of the molecule is CC1Cc2ccccc2N(C(=O)c2cccc(Cl)c2N)C1. The molecule has 0 saturated carbocycles. The van der Waals surface area contributed by atoms with Gasteiger partial charge in [-0.05, 0) is 36.1 Å². The fourth-order valence-electron chi connectivity index (χ4n) is 2.86. The minimum absolute atomic E-state index is 0.0889. The minimum atomic E-state index is -0.0889. The van der Waals surface area contributed by atoms with E-state index in [4.69, 9.17) is 17.3 Å². The first kappa shape index (κ1) is 14.0. The molecule has 1 unspecified atom stereocenters. The fraction of sp³-hybridized carbons (Fsp3) is 0.235. The summed E-state index contributed by atoms with van der Waals surface area (Å²) in [5, 5.41) is 0.416. The maximum atomic E-state index is 12.9. The number of para-hydroxylation sites is 2. The highest BCUT2D eigenvalue weighted by Gasteiger charge is 2.28. The van der Waals surface area contributed by atoms with Crippen LogP contribution in [0.25, 0.3) is 0 Å². The summed E-state index contributed by atoms with van der Waals surface area (Å²) in [6.45, 7) is 2.85. The first-order valence-electron chi connectivity index (χ1n) is 7.01. The number of rotatable bonds is 1. The average molecular weight is 301 g/mol. The highest BCUT2D eigenvalue weighted by Crippen LogP contribution is 2.32. The van der Waals surface area contributed by atoms with Crippen LogP contribution >= 0.6 is 11.6 Å². The molecule has 0 aromatic heterocycles. The molecule has 1 aliphatic heterocycles. The largest absolute Gasteiger partial charge is 0.397 e. The van der Waals surface area contributed by atoms with E-state index >= 15 is 0 Å². The number of benzene rings is 2. The maximum absolute atomic E-state index is 12.9. The Bertz CT molecular complexity index is 699. The highest BCUT2D eigenvalue weighted by molar-refractivity contribution is 6.34. The van der Waals surface area contributed by atoms with E-state index in [1.807, 2.05) is 23.1 Å². The molecule has 0 bridgehead atoms. The van der Waals surface area contributed by atoms with Crippen LogP contribution in [0.2, 0.25) is 5.02 Å². The number of carbonyl (C=O) groups excluding carboxylic acids is 1. The van der Waals surface area contributed by atoms with Gasteiger partial charge < -0.3 is 10.6 Å². The number of nitrogens with two attached hydrogens (primary N) is 1. The molecule has 0 aliphatic carbocycles. The number of anilines is 2. The van der Waals surface area contributed by atoms with Crippen LogP contribution < -0.4 is 10.6 Å². The molecular formula is C17H17ClN2O. The van der Waals surface area contributed by atoms with Crippen LogP contribution in [-0.4, -0.2) is 12.5 Å². The molecule has 0 fully saturated rings. The van der Waals surface area contributed by atoms with Gasteiger partial charge in [0.2, 0.25) is 0 Å². The molecule has 2 aromatic carbocycles. The molecule has 2 N–H and O–H groups in total. The van der Waals surface area contributed by atoms with Crippen LogP contribution in [-0.2, 0) is 6.42 Å². The zero-order valence-corrected chi connectivity index (χ0v) is 12.6. The summed E-state index contributed by atoms with van der Waals surface area (Å²) in [5.74, 6) is 0.332. The van der Waals surface area contributed by atoms with Gasteiger partial charge in [0.05, 0.1) is 16.3 Å². The lowest BCUT2D eigenvalue weighted by molar-refractivity contribution is 0.0982. The molecule has 4 heteroatoms. The number of nitrogen functional groups attached to an aromatic ring is 1. The van der Waals surface area contributed by atoms with Gasteiger partial charge in [-0.3, -0.25) is 4.79 Å². The molecule has 0 saturated heterocycles. The standard InChI is InChI=1S/C17H17ClN2O/c1-11-9-12-5-2-3-8-15(12)20(10-11)17(21)13-6-4-7-14(18)16(13)19/h2-8,11H,9-10,19H2,1H3. The Morgan fingerprint density at radius 1 is 1.24 bits per heavy atom. The van der Waals surface area contributed by atoms with E-state index in [-0.39, 0.29) is 5.91 Å². The predicted octanol–water partition coefficient (Wildman–Crippen LogP) is 3.76. The second kappa shape index (κ2) is 5.41. The molecule has 108 valence electrons. The van der Waals surface area contributed by atoms with Gasteiger partial charge >= 0.3 is 0 Å². The molecule has 3 rings (SSSR count). The third-order valence-corrected chi connectivity index (χ3v) is 4.20. The Hall–Kier alpha value is -2.00. The molecular weight excluding hydrogens is 284 g/mol. The van der Waals surface area contributed by atoms with Gasteiger partial charge in [-0.1, -0.05) is 42.8 Å². The second-order valence-electron chi connectivity index (χ2n) is 5.55. The molecule has 1 aliphatic rings. The summed E-state index contributed by atoms with van der Waals surface area (Å²) in [6, 6.07) is 13.2. The van der Waals surface area contributed by atoms with Crippen LogP contribution in [0.1, 0.15) is 22.8 Å². The molecule has 1 atom stereocenters. The van der Waals surface area contributed by atoms with Crippen molar-refractivity contribution in [3.63, 3.8) is 0 Å². The van der Waals surface area contributed by atoms with Crippen molar-refractivity contribution in [1.29, 1.82) is 0 Å². The maximum Gasteiger partial charge on any atom is 0.260 e. The number of halogens is 1. The Balaban J connectivity index is 2.04. The van der Waals surface area contributed by atoms with Crippen molar-refractivity contribution in [2.45, 2.75) is 13.3 Å². The van der Waals surface area contributed by atoms with E-state index < -0.39 is 0 Å². The lowest BCUT2D eigenvalue weighted by atomic mass is 9.93. The zero-order chi connectivity index (χ0) is 15.0. The lowest BCUT2D eigenvalue weighted by Gasteiger charge is -2.33. The van der Waals surface area contributed by atoms with Crippen molar-refractivity contribution < 1.29 is 4.79 Å². The highest BCUT2D eigenvalue weighted by atomic mass is 35.5. The van der Waals surface area contributed by atoms with Crippen molar-refractivity contribution in [3.8, 4) is 0 Å². The minimum Gasteiger partial charge on any atom is -0.397 e. The summed E-state index contributed by atoms with van der Waals surface area (Å²) in [5.41, 5.74) is 8.95. The normalized spacial score (nSPS) is 17.4. The average Bonchev–Trinajstić information content (AvgIpc) is 2.48. The quantitative estimate of drug-likeness (QED) is 0.815. The fourth-order valence-corrected chi connectivity index (χ4v) is 3.03. The number of hydrogen-bond donors (Lipinski definition) is 1. The summed E-state index contributed by atoms with van der Waals surface area (Å²) < 4.78 is 0. The number of nitrogens with zero attached hydrogens (tertiary/aromatic N) is 1. The molecule has 3 nitrogen and oxygen atoms in total. The monoisotopic (exact) mass is 300 g/mol. The van der Waals surface area contributed by atoms with Gasteiger partial charge in [-0.15, -0.1) is 0 Å². The van der Waals surface area contributed by atoms with Gasteiger partial charge in [0.25, 0.3) is 5.91 Å². The summed E-state index contributed by atoms with van der Waals surface area (Å²) >= 11 is 6.03. The van der Waals surface area contributed by atoms with Gasteiger partial charge in [-0.25, -0.2) is 0 Å². The molecule has 0 radical (unpaired) electrons. The smallest absolute Gasteiger partial charge is 0.260 e. The van der Waals surface area contributed by atoms with Crippen LogP contribution in [0.4, 0.5) is 11.4 Å². The van der Waals surface area contributed by atoms with E-state index in [9.17, 15) is 4.79 Å². The number of carbonyl (C=O) groups is 1. The van der Waals surface area contributed by atoms with Gasteiger partial charge in [0, 0.05) is 12.2 Å². The molecule has 1 amide bonds. The zero-order valence-electron chi connectivity index (χ0n) is 11.8. The third-order valence-electron chi connectivity index (χ3n) is 3.87. The number of fused-ring (bicyclic) bond motifs is 1. The summed E-state index contributed by atoms with van der Waals surface area (Å²) in [7, 11) is 0. The van der Waals surface area contributed by atoms with Crippen molar-refractivity contribution in [3.05, 3.63) is 58.6 Å². The van der Waals surface area contributed by atoms with E-state index in [1.54, 1.807) is 18.2 Å². The summed E-state index contributed by atoms with van der Waals surface area (Å²) in [6.07, 6.45) is 0.991. The van der Waals surface area contributed by atoms with E-state index in [0.29, 0.717) is 28.7 Å². The van der Waals surface area contributed by atoms with E-state index in [1.165, 1.54) is 5.56 Å². The van der Waals surface area contributed by atoms with Crippen LogP contribution in [0.5, 0.6) is 0 Å². The van der Waals surface area contributed by atoms with Crippen molar-refractivity contribution in [1.82, 2.24) is 0 Å². The topological polar surface area (TPSA) is 46.3 Å². The first-order chi connectivity index (χ1) is 10.1. The van der Waals surface area contributed by atoms with Gasteiger partial charge in [-0.2, -0.15) is 0 Å². The first-order valence-corrected chi connectivity index (χ1v) is 7.39. The third kappa shape index (κ3) is 2.49. The van der Waals surface area contributed by atoms with Crippen LogP contribution in [0.3, 0.4) is 0 Å². The molecule has 0 spiro atoms. The predicted molar refractivity (Wildman–Crippen MR) is 86.9 cm³/mol. The number of hydrogen-bond acceptors (Lipinski definition) is 2. The van der Waals surface area contributed by atoms with Crippen LogP contribution in [0.15, 0.2) is 42.5 Å². The van der Waals surface area contributed by atoms with Crippen molar-refractivity contribution >= 4 is 28.9 Å². The van der Waals surface area contributed by atoms with Crippen molar-refractivity contribution in [2.24, 2.45) is 5.92 Å². The van der Waals surface area contributed by atoms with Crippen LogP contribution in [0, 0.1) is 5.92 Å². The molecule has 21 heavy (non-hydrogen) atoms. The lowest BCUT2D eigenvalue weighted by Crippen LogP contribution is -2.39. The Kier molecular flexibility index (Phi) is 3.60. The Morgan fingerprint density at radius 3 is 2.81 bits per heavy atom. The molecule has 1 heterocycles. The van der Waals surface area contributed by atoms with Gasteiger partial charge in [0.15, 0.2) is 0 Å². The van der Waals surface area contributed by atoms with Crippen molar-refractivity contribution in [2.75, 3.05) is 17.2 Å². The Labute approximate surface area is 129 Å². The molecule has 2 aromatic rings. The Morgan fingerprint density at radius 2 is 2.00 bits per heavy atom. The van der Waals surface area contributed by atoms with E-state index in [2.05, 4.69) is 13.0 Å². The summed E-state index contributed by atoms with van der Waals surface area (Å²) in [4.78, 5) is 14.7. The number of amides is 1. The van der Waals surface area contributed by atoms with Gasteiger partial charge in [0.1, 0.15) is 0 Å². The second-order valence-corrected chi connectivity index (χ2v) is 5.96.